The second-order valence-corrected chi connectivity index (χ2v) is 9.61. The second kappa shape index (κ2) is 8.47. The zero-order valence-electron chi connectivity index (χ0n) is 17.0. The van der Waals surface area contributed by atoms with Gasteiger partial charge in [0.25, 0.3) is 10.0 Å². The van der Waals surface area contributed by atoms with Crippen molar-refractivity contribution in [1.82, 2.24) is 9.71 Å². The third-order valence-corrected chi connectivity index (χ3v) is 7.46. The maximum atomic E-state index is 13.1. The molecule has 1 amide bonds. The summed E-state index contributed by atoms with van der Waals surface area (Å²) in [7, 11) is -2.58. The molecule has 1 aliphatic carbocycles. The Kier molecular flexibility index (Phi) is 5.90. The molecule has 2 aromatic carbocycles. The van der Waals surface area contributed by atoms with Crippen molar-refractivity contribution in [2.75, 3.05) is 13.7 Å². The maximum Gasteiger partial charge on any atom is 0.264 e. The molecule has 1 aliphatic rings. The Bertz CT molecular complexity index is 1280. The highest BCUT2D eigenvalue weighted by Crippen LogP contribution is 2.43. The lowest BCUT2D eigenvalue weighted by atomic mass is 10.00. The molecular weight excluding hydrogens is 484 g/mol. The number of hydrogen-bond acceptors (Lipinski definition) is 6. The van der Waals surface area contributed by atoms with Crippen LogP contribution in [0, 0.1) is 0 Å². The number of pyridine rings is 1. The molecule has 0 aliphatic heterocycles. The lowest BCUT2D eigenvalue weighted by Crippen LogP contribution is -2.34. The first-order chi connectivity index (χ1) is 14.9. The van der Waals surface area contributed by atoms with Crippen LogP contribution in [0.4, 0.5) is 0 Å². The van der Waals surface area contributed by atoms with Crippen LogP contribution in [0.2, 0.25) is 0 Å². The molecule has 1 atom stereocenters. The van der Waals surface area contributed by atoms with Gasteiger partial charge in [-0.15, -0.1) is 0 Å². The van der Waals surface area contributed by atoms with Gasteiger partial charge in [0.15, 0.2) is 0 Å². The minimum Gasteiger partial charge on any atom is -0.496 e. The number of benzene rings is 2. The number of nitrogens with one attached hydrogen (secondary N) is 1. The number of sulfonamides is 1. The Labute approximate surface area is 189 Å². The highest BCUT2D eigenvalue weighted by molar-refractivity contribution is 9.10. The Balaban J connectivity index is 1.67. The van der Waals surface area contributed by atoms with Gasteiger partial charge < -0.3 is 9.47 Å². The second-order valence-electron chi connectivity index (χ2n) is 7.11. The number of rotatable bonds is 6. The quantitative estimate of drug-likeness (QED) is 0.546. The van der Waals surface area contributed by atoms with Crippen molar-refractivity contribution < 1.29 is 22.7 Å². The Morgan fingerprint density at radius 1 is 1.23 bits per heavy atom. The number of carbonyl (C=O) groups is 1. The first kappa shape index (κ1) is 21.6. The fraction of sp³-hybridized carbons (Fsp3) is 0.273. The molecule has 7 nitrogen and oxygen atoms in total. The van der Waals surface area contributed by atoms with E-state index in [1.807, 2.05) is 13.0 Å². The summed E-state index contributed by atoms with van der Waals surface area (Å²) in [5.41, 5.74) is 2.17. The van der Waals surface area contributed by atoms with Crippen molar-refractivity contribution in [3.05, 3.63) is 58.1 Å². The van der Waals surface area contributed by atoms with E-state index in [-0.39, 0.29) is 4.90 Å². The van der Waals surface area contributed by atoms with E-state index in [9.17, 15) is 13.2 Å². The first-order valence-corrected chi connectivity index (χ1v) is 12.1. The summed E-state index contributed by atoms with van der Waals surface area (Å²) in [6.45, 7) is 2.30. The molecule has 1 N–H and O–H groups in total. The van der Waals surface area contributed by atoms with E-state index in [1.165, 1.54) is 13.2 Å². The van der Waals surface area contributed by atoms with Crippen molar-refractivity contribution in [2.45, 2.75) is 30.6 Å². The van der Waals surface area contributed by atoms with Gasteiger partial charge in [-0.3, -0.25) is 4.79 Å². The number of amides is 1. The third kappa shape index (κ3) is 3.99. The average molecular weight is 505 g/mol. The van der Waals surface area contributed by atoms with Crippen LogP contribution in [0.15, 0.2) is 51.8 Å². The largest absolute Gasteiger partial charge is 0.496 e. The molecule has 31 heavy (non-hydrogen) atoms. The van der Waals surface area contributed by atoms with Gasteiger partial charge in [-0.2, -0.15) is 0 Å². The molecule has 4 rings (SSSR count). The van der Waals surface area contributed by atoms with E-state index in [0.29, 0.717) is 42.0 Å². The molecule has 1 aromatic heterocycles. The van der Waals surface area contributed by atoms with Crippen LogP contribution in [0.3, 0.4) is 0 Å². The molecule has 0 saturated heterocycles. The number of nitrogens with zero attached hydrogens (tertiary/aromatic N) is 1. The summed E-state index contributed by atoms with van der Waals surface area (Å²) in [6.07, 6.45) is 1.16. The normalized spacial score (nSPS) is 15.5. The molecule has 0 fully saturated rings. The number of carbonyl (C=O) groups excluding carboxylic acids is 1. The van der Waals surface area contributed by atoms with Crippen LogP contribution in [-0.2, 0) is 21.2 Å². The number of fused-ring (bicyclic) bond motifs is 2. The fourth-order valence-electron chi connectivity index (χ4n) is 3.96. The summed E-state index contributed by atoms with van der Waals surface area (Å²) in [4.78, 5) is 17.4. The summed E-state index contributed by atoms with van der Waals surface area (Å²) in [5, 5.41) is 0.415. The van der Waals surface area contributed by atoms with Crippen LogP contribution >= 0.6 is 15.9 Å². The van der Waals surface area contributed by atoms with Gasteiger partial charge in [0.2, 0.25) is 11.8 Å². The Morgan fingerprint density at radius 2 is 2.03 bits per heavy atom. The lowest BCUT2D eigenvalue weighted by molar-refractivity contribution is -0.120. The molecule has 1 heterocycles. The van der Waals surface area contributed by atoms with E-state index in [2.05, 4.69) is 25.6 Å². The molecule has 0 radical (unpaired) electrons. The lowest BCUT2D eigenvalue weighted by Gasteiger charge is -2.16. The summed E-state index contributed by atoms with van der Waals surface area (Å²) in [5.74, 6) is -0.208. The van der Waals surface area contributed by atoms with E-state index in [0.717, 1.165) is 15.6 Å². The monoisotopic (exact) mass is 504 g/mol. The number of ether oxygens (including phenoxy) is 2. The van der Waals surface area contributed by atoms with Crippen molar-refractivity contribution in [3.63, 3.8) is 0 Å². The minimum atomic E-state index is -4.11. The molecule has 162 valence electrons. The number of methoxy groups -OCH3 is 1. The number of aromatic nitrogens is 1. The molecular formula is C22H21BrN2O5S. The molecule has 0 bridgehead atoms. The van der Waals surface area contributed by atoms with Crippen LogP contribution in [0.1, 0.15) is 30.4 Å². The summed E-state index contributed by atoms with van der Waals surface area (Å²) >= 11 is 3.51. The van der Waals surface area contributed by atoms with Gasteiger partial charge in [0.05, 0.1) is 30.0 Å². The molecule has 0 spiro atoms. The van der Waals surface area contributed by atoms with Crippen molar-refractivity contribution >= 4 is 42.8 Å². The average Bonchev–Trinajstić information content (AvgIpc) is 3.20. The Morgan fingerprint density at radius 3 is 2.77 bits per heavy atom. The molecule has 0 saturated carbocycles. The van der Waals surface area contributed by atoms with Gasteiger partial charge in [-0.1, -0.05) is 22.0 Å². The van der Waals surface area contributed by atoms with Crippen molar-refractivity contribution in [2.24, 2.45) is 0 Å². The summed E-state index contributed by atoms with van der Waals surface area (Å²) in [6, 6.07) is 11.6. The molecule has 1 unspecified atom stereocenters. The summed E-state index contributed by atoms with van der Waals surface area (Å²) < 4.78 is 40.2. The topological polar surface area (TPSA) is 94.6 Å². The van der Waals surface area contributed by atoms with Gasteiger partial charge in [0.1, 0.15) is 5.75 Å². The predicted octanol–water partition coefficient (Wildman–Crippen LogP) is 3.94. The smallest absolute Gasteiger partial charge is 0.264 e. The number of hydrogen-bond donors (Lipinski definition) is 1. The zero-order chi connectivity index (χ0) is 22.2. The van der Waals surface area contributed by atoms with Crippen LogP contribution in [0.25, 0.3) is 10.9 Å². The SMILES string of the molecule is CCOc1ccc2c(S(=O)(=O)NC(=O)C3CCc4c(Br)ccc(OC)c43)cccc2n1. The van der Waals surface area contributed by atoms with Crippen molar-refractivity contribution in [1.29, 1.82) is 0 Å². The molecule has 9 heteroatoms. The van der Waals surface area contributed by atoms with Crippen molar-refractivity contribution in [3.8, 4) is 11.6 Å². The fourth-order valence-corrected chi connectivity index (χ4v) is 5.74. The van der Waals surface area contributed by atoms with E-state index in [1.54, 1.807) is 30.3 Å². The highest BCUT2D eigenvalue weighted by Gasteiger charge is 2.35. The van der Waals surface area contributed by atoms with Crippen LogP contribution in [0.5, 0.6) is 11.6 Å². The van der Waals surface area contributed by atoms with Gasteiger partial charge in [0, 0.05) is 21.5 Å². The maximum absolute atomic E-state index is 13.1. The van der Waals surface area contributed by atoms with Crippen LogP contribution in [-0.4, -0.2) is 33.0 Å². The van der Waals surface area contributed by atoms with Crippen LogP contribution < -0.4 is 14.2 Å². The predicted molar refractivity (Wildman–Crippen MR) is 120 cm³/mol. The standard InChI is InChI=1S/C22H21BrN2O5S/c1-3-30-20-12-9-14-17(24-20)5-4-6-19(14)31(27,28)25-22(26)15-8-7-13-16(23)10-11-18(29-2)21(13)15/h4-6,9-12,15H,3,7-8H2,1-2H3,(H,25,26). The highest BCUT2D eigenvalue weighted by atomic mass is 79.9. The third-order valence-electron chi connectivity index (χ3n) is 5.31. The van der Waals surface area contributed by atoms with Gasteiger partial charge in [-0.05, 0) is 55.7 Å². The minimum absolute atomic E-state index is 0.00618. The zero-order valence-corrected chi connectivity index (χ0v) is 19.4. The Hall–Kier alpha value is -2.65. The van der Waals surface area contributed by atoms with Gasteiger partial charge in [-0.25, -0.2) is 18.1 Å². The first-order valence-electron chi connectivity index (χ1n) is 9.80. The van der Waals surface area contributed by atoms with Gasteiger partial charge >= 0.3 is 0 Å². The van der Waals surface area contributed by atoms with E-state index < -0.39 is 21.8 Å². The van der Waals surface area contributed by atoms with E-state index in [4.69, 9.17) is 9.47 Å². The van der Waals surface area contributed by atoms with E-state index >= 15 is 0 Å². The molecule has 3 aromatic rings. The number of halogens is 1.